The minimum absolute atomic E-state index is 0.510. The number of pyridine rings is 1. The zero-order valence-electron chi connectivity index (χ0n) is 9.97. The molecule has 0 spiro atoms. The zero-order valence-corrected chi connectivity index (χ0v) is 11.6. The van der Waals surface area contributed by atoms with Gasteiger partial charge in [0.1, 0.15) is 5.75 Å². The van der Waals surface area contributed by atoms with E-state index in [1.54, 1.807) is 6.20 Å². The van der Waals surface area contributed by atoms with E-state index in [4.69, 9.17) is 10.5 Å². The third-order valence-electron chi connectivity index (χ3n) is 2.52. The lowest BCUT2D eigenvalue weighted by Gasteiger charge is -2.08. The summed E-state index contributed by atoms with van der Waals surface area (Å²) in [6, 6.07) is 11.8. The lowest BCUT2D eigenvalue weighted by Crippen LogP contribution is -2.04. The molecule has 0 amide bonds. The van der Waals surface area contributed by atoms with Crippen LogP contribution in [0.25, 0.3) is 0 Å². The Morgan fingerprint density at radius 1 is 1.22 bits per heavy atom. The average molecular weight is 307 g/mol. The highest BCUT2D eigenvalue weighted by molar-refractivity contribution is 9.10. The van der Waals surface area contributed by atoms with Crippen molar-refractivity contribution in [1.29, 1.82) is 0 Å². The van der Waals surface area contributed by atoms with E-state index in [9.17, 15) is 0 Å². The SMILES string of the molecule is NCc1cc(Br)cc(OCCc2ccccn2)c1. The number of ether oxygens (including phenoxy) is 1. The van der Waals surface area contributed by atoms with E-state index in [1.165, 1.54) is 0 Å². The largest absolute Gasteiger partial charge is 0.493 e. The Kier molecular flexibility index (Phi) is 4.73. The standard InChI is InChI=1S/C14H15BrN2O/c15-12-7-11(10-16)8-14(9-12)18-6-4-13-3-1-2-5-17-13/h1-3,5,7-9H,4,6,10,16H2. The molecule has 0 saturated carbocycles. The van der Waals surface area contributed by atoms with Crippen molar-refractivity contribution in [3.63, 3.8) is 0 Å². The summed E-state index contributed by atoms with van der Waals surface area (Å²) >= 11 is 3.44. The Labute approximate surface area is 115 Å². The Morgan fingerprint density at radius 3 is 2.83 bits per heavy atom. The van der Waals surface area contributed by atoms with Crippen LogP contribution >= 0.6 is 15.9 Å². The Hall–Kier alpha value is -1.39. The molecule has 94 valence electrons. The summed E-state index contributed by atoms with van der Waals surface area (Å²) in [6.07, 6.45) is 2.59. The van der Waals surface area contributed by atoms with Crippen molar-refractivity contribution in [1.82, 2.24) is 4.98 Å². The second-order valence-electron chi connectivity index (χ2n) is 3.92. The first-order valence-corrected chi connectivity index (χ1v) is 6.59. The van der Waals surface area contributed by atoms with E-state index < -0.39 is 0 Å². The van der Waals surface area contributed by atoms with Crippen molar-refractivity contribution in [2.45, 2.75) is 13.0 Å². The van der Waals surface area contributed by atoms with Crippen molar-refractivity contribution >= 4 is 15.9 Å². The first-order valence-electron chi connectivity index (χ1n) is 5.80. The topological polar surface area (TPSA) is 48.1 Å². The van der Waals surface area contributed by atoms with Crippen LogP contribution in [0.15, 0.2) is 47.1 Å². The van der Waals surface area contributed by atoms with Gasteiger partial charge in [0.2, 0.25) is 0 Å². The minimum Gasteiger partial charge on any atom is -0.493 e. The van der Waals surface area contributed by atoms with Crippen LogP contribution in [-0.4, -0.2) is 11.6 Å². The predicted octanol–water partition coefficient (Wildman–Crippen LogP) is 2.92. The number of nitrogens with two attached hydrogens (primary N) is 1. The highest BCUT2D eigenvalue weighted by Gasteiger charge is 2.00. The molecule has 0 aliphatic rings. The highest BCUT2D eigenvalue weighted by Crippen LogP contribution is 2.21. The van der Waals surface area contributed by atoms with Gasteiger partial charge >= 0.3 is 0 Å². The fraction of sp³-hybridized carbons (Fsp3) is 0.214. The van der Waals surface area contributed by atoms with Crippen molar-refractivity contribution in [2.24, 2.45) is 5.73 Å². The molecule has 2 rings (SSSR count). The van der Waals surface area contributed by atoms with Gasteiger partial charge < -0.3 is 10.5 Å². The second kappa shape index (κ2) is 6.52. The van der Waals surface area contributed by atoms with Gasteiger partial charge in [0, 0.05) is 29.3 Å². The van der Waals surface area contributed by atoms with Gasteiger partial charge in [-0.25, -0.2) is 0 Å². The Morgan fingerprint density at radius 2 is 2.11 bits per heavy atom. The predicted molar refractivity (Wildman–Crippen MR) is 75.5 cm³/mol. The molecular weight excluding hydrogens is 292 g/mol. The number of benzene rings is 1. The first kappa shape index (κ1) is 13.1. The highest BCUT2D eigenvalue weighted by atomic mass is 79.9. The van der Waals surface area contributed by atoms with Crippen LogP contribution in [0.1, 0.15) is 11.3 Å². The fourth-order valence-electron chi connectivity index (χ4n) is 1.64. The van der Waals surface area contributed by atoms with Gasteiger partial charge in [-0.15, -0.1) is 0 Å². The van der Waals surface area contributed by atoms with Crippen molar-refractivity contribution in [3.8, 4) is 5.75 Å². The molecule has 0 unspecified atom stereocenters. The summed E-state index contributed by atoms with van der Waals surface area (Å²) < 4.78 is 6.69. The number of aromatic nitrogens is 1. The first-order chi connectivity index (χ1) is 8.78. The van der Waals surface area contributed by atoms with Gasteiger partial charge in [-0.3, -0.25) is 4.98 Å². The lowest BCUT2D eigenvalue weighted by atomic mass is 10.2. The summed E-state index contributed by atoms with van der Waals surface area (Å²) in [4.78, 5) is 4.25. The van der Waals surface area contributed by atoms with E-state index in [2.05, 4.69) is 20.9 Å². The van der Waals surface area contributed by atoms with Crippen LogP contribution < -0.4 is 10.5 Å². The molecule has 2 N–H and O–H groups in total. The summed E-state index contributed by atoms with van der Waals surface area (Å²) in [7, 11) is 0. The number of hydrogen-bond acceptors (Lipinski definition) is 3. The fourth-order valence-corrected chi connectivity index (χ4v) is 2.16. The van der Waals surface area contributed by atoms with Gasteiger partial charge in [-0.05, 0) is 35.9 Å². The van der Waals surface area contributed by atoms with Crippen LogP contribution in [0.4, 0.5) is 0 Å². The quantitative estimate of drug-likeness (QED) is 0.924. The molecule has 1 aromatic carbocycles. The van der Waals surface area contributed by atoms with Crippen molar-refractivity contribution in [2.75, 3.05) is 6.61 Å². The third-order valence-corrected chi connectivity index (χ3v) is 2.98. The maximum Gasteiger partial charge on any atom is 0.120 e. The molecule has 0 radical (unpaired) electrons. The maximum atomic E-state index is 5.71. The number of nitrogens with zero attached hydrogens (tertiary/aromatic N) is 1. The lowest BCUT2D eigenvalue weighted by molar-refractivity contribution is 0.320. The number of hydrogen-bond donors (Lipinski definition) is 1. The molecule has 3 nitrogen and oxygen atoms in total. The third kappa shape index (κ3) is 3.82. The normalized spacial score (nSPS) is 10.3. The van der Waals surface area contributed by atoms with Crippen LogP contribution in [0.2, 0.25) is 0 Å². The van der Waals surface area contributed by atoms with Gasteiger partial charge in [0.25, 0.3) is 0 Å². The molecule has 1 aromatic heterocycles. The summed E-state index contributed by atoms with van der Waals surface area (Å²) in [5.74, 6) is 0.834. The number of rotatable bonds is 5. The van der Waals surface area contributed by atoms with Gasteiger partial charge in [0.15, 0.2) is 0 Å². The monoisotopic (exact) mass is 306 g/mol. The van der Waals surface area contributed by atoms with Crippen LogP contribution in [0.3, 0.4) is 0 Å². The van der Waals surface area contributed by atoms with Crippen molar-refractivity contribution < 1.29 is 4.74 Å². The van der Waals surface area contributed by atoms with Crippen LogP contribution in [0.5, 0.6) is 5.75 Å². The molecule has 0 saturated heterocycles. The van der Waals surface area contributed by atoms with E-state index >= 15 is 0 Å². The molecule has 0 aliphatic heterocycles. The molecule has 4 heteroatoms. The molecule has 0 bridgehead atoms. The Bertz CT molecular complexity index is 502. The maximum absolute atomic E-state index is 5.71. The zero-order chi connectivity index (χ0) is 12.8. The molecular formula is C14H15BrN2O. The minimum atomic E-state index is 0.510. The van der Waals surface area contributed by atoms with E-state index in [0.717, 1.165) is 27.9 Å². The van der Waals surface area contributed by atoms with E-state index in [0.29, 0.717) is 13.2 Å². The summed E-state index contributed by atoms with van der Waals surface area (Å²) in [5.41, 5.74) is 7.71. The van der Waals surface area contributed by atoms with Gasteiger partial charge in [0.05, 0.1) is 6.61 Å². The molecule has 2 aromatic rings. The van der Waals surface area contributed by atoms with Crippen LogP contribution in [-0.2, 0) is 13.0 Å². The summed E-state index contributed by atoms with van der Waals surface area (Å²) in [6.45, 7) is 1.12. The van der Waals surface area contributed by atoms with Crippen molar-refractivity contribution in [3.05, 3.63) is 58.3 Å². The van der Waals surface area contributed by atoms with E-state index in [1.807, 2.05) is 36.4 Å². The molecule has 18 heavy (non-hydrogen) atoms. The second-order valence-corrected chi connectivity index (χ2v) is 4.83. The molecule has 0 fully saturated rings. The molecule has 0 atom stereocenters. The molecule has 0 aliphatic carbocycles. The van der Waals surface area contributed by atoms with E-state index in [-0.39, 0.29) is 0 Å². The van der Waals surface area contributed by atoms with Gasteiger partial charge in [-0.2, -0.15) is 0 Å². The summed E-state index contributed by atoms with van der Waals surface area (Å²) in [5, 5.41) is 0. The average Bonchev–Trinajstić information content (AvgIpc) is 2.39. The van der Waals surface area contributed by atoms with Gasteiger partial charge in [-0.1, -0.05) is 22.0 Å². The number of halogens is 1. The Balaban J connectivity index is 1.92. The smallest absolute Gasteiger partial charge is 0.120 e. The molecule has 1 heterocycles. The van der Waals surface area contributed by atoms with Crippen LogP contribution in [0, 0.1) is 0 Å².